The summed E-state index contributed by atoms with van der Waals surface area (Å²) in [5.41, 5.74) is 0. The third-order valence-electron chi connectivity index (χ3n) is 3.59. The predicted octanol–water partition coefficient (Wildman–Crippen LogP) is 2.95. The van der Waals surface area contributed by atoms with Gasteiger partial charge in [0.2, 0.25) is 0 Å². The van der Waals surface area contributed by atoms with Crippen LogP contribution in [0.4, 0.5) is 0 Å². The lowest BCUT2D eigenvalue weighted by Gasteiger charge is -2.43. The summed E-state index contributed by atoms with van der Waals surface area (Å²) in [6, 6.07) is 2.41. The highest BCUT2D eigenvalue weighted by atomic mass is 28.4. The standard InChI is InChI=1S/C14H37NO3Si3/c1-16-14(17-2)12-19-11-9-10-18-13-15(20(3,4)5)21(6,7)8/h14H,9-13,19H2,1-8H3. The van der Waals surface area contributed by atoms with Gasteiger partial charge in [-0.2, -0.15) is 0 Å². The molecular weight excluding hydrogens is 314 g/mol. The first-order valence-corrected chi connectivity index (χ1v) is 16.9. The third kappa shape index (κ3) is 9.98. The maximum Gasteiger partial charge on any atom is 0.153 e. The first-order valence-electron chi connectivity index (χ1n) is 8.04. The molecule has 0 aliphatic carbocycles. The highest BCUT2D eigenvalue weighted by Gasteiger charge is 2.34. The van der Waals surface area contributed by atoms with Crippen LogP contribution in [0, 0.1) is 0 Å². The van der Waals surface area contributed by atoms with Gasteiger partial charge in [-0.15, -0.1) is 0 Å². The Hall–Kier alpha value is 0.491. The molecule has 7 heteroatoms. The smallest absolute Gasteiger partial charge is 0.153 e. The average Bonchev–Trinajstić information content (AvgIpc) is 2.34. The van der Waals surface area contributed by atoms with Crippen molar-refractivity contribution in [3.63, 3.8) is 0 Å². The molecule has 0 aliphatic heterocycles. The Labute approximate surface area is 136 Å². The van der Waals surface area contributed by atoms with Gasteiger partial charge < -0.3 is 18.4 Å². The Balaban J connectivity index is 3.83. The second kappa shape index (κ2) is 10.3. The number of ether oxygens (including phenoxy) is 3. The lowest BCUT2D eigenvalue weighted by atomic mass is 10.5. The van der Waals surface area contributed by atoms with Gasteiger partial charge in [-0.1, -0.05) is 45.3 Å². The fraction of sp³-hybridized carbons (Fsp3) is 1.00. The van der Waals surface area contributed by atoms with Gasteiger partial charge in [0.15, 0.2) is 6.29 Å². The first kappa shape index (κ1) is 21.5. The Morgan fingerprint density at radius 3 is 1.90 bits per heavy atom. The summed E-state index contributed by atoms with van der Waals surface area (Å²) < 4.78 is 19.1. The van der Waals surface area contributed by atoms with Crippen molar-refractivity contribution >= 4 is 26.0 Å². The SMILES string of the molecule is COC(C[SiH2]CCCOCN([Si](C)(C)C)[Si](C)(C)C)OC. The lowest BCUT2D eigenvalue weighted by molar-refractivity contribution is -0.0876. The summed E-state index contributed by atoms with van der Waals surface area (Å²) in [7, 11) is 0.791. The van der Waals surface area contributed by atoms with Gasteiger partial charge in [0.25, 0.3) is 0 Å². The molecule has 0 heterocycles. The maximum absolute atomic E-state index is 5.96. The van der Waals surface area contributed by atoms with E-state index in [1.165, 1.54) is 12.5 Å². The fourth-order valence-electron chi connectivity index (χ4n) is 2.57. The Morgan fingerprint density at radius 2 is 1.48 bits per heavy atom. The summed E-state index contributed by atoms with van der Waals surface area (Å²) in [5, 5.41) is 0. The summed E-state index contributed by atoms with van der Waals surface area (Å²) in [5.74, 6) is 0. The molecule has 0 aliphatic rings. The molecule has 0 rings (SSSR count). The second-order valence-electron chi connectivity index (χ2n) is 7.56. The van der Waals surface area contributed by atoms with E-state index in [1.54, 1.807) is 14.2 Å². The summed E-state index contributed by atoms with van der Waals surface area (Å²) in [6.07, 6.45) is 1.18. The molecule has 0 spiro atoms. The molecule has 21 heavy (non-hydrogen) atoms. The fourth-order valence-corrected chi connectivity index (χ4v) is 13.2. The zero-order valence-electron chi connectivity index (χ0n) is 15.5. The molecule has 0 aromatic rings. The van der Waals surface area contributed by atoms with Crippen LogP contribution in [0.3, 0.4) is 0 Å². The van der Waals surface area contributed by atoms with Crippen LogP contribution in [0.15, 0.2) is 0 Å². The number of methoxy groups -OCH3 is 2. The Morgan fingerprint density at radius 1 is 0.952 bits per heavy atom. The van der Waals surface area contributed by atoms with E-state index in [4.69, 9.17) is 14.2 Å². The molecule has 0 saturated heterocycles. The predicted molar refractivity (Wildman–Crippen MR) is 99.9 cm³/mol. The number of rotatable bonds is 12. The van der Waals surface area contributed by atoms with Crippen LogP contribution in [-0.4, -0.2) is 64.1 Å². The van der Waals surface area contributed by atoms with Gasteiger partial charge in [0, 0.05) is 30.3 Å². The van der Waals surface area contributed by atoms with Crippen LogP contribution >= 0.6 is 0 Å². The van der Waals surface area contributed by atoms with Crippen molar-refractivity contribution in [1.29, 1.82) is 0 Å². The van der Waals surface area contributed by atoms with E-state index in [2.05, 4.69) is 43.5 Å². The molecule has 0 atom stereocenters. The van der Waals surface area contributed by atoms with Crippen molar-refractivity contribution in [2.75, 3.05) is 27.6 Å². The number of hydrogen-bond donors (Lipinski definition) is 0. The lowest BCUT2D eigenvalue weighted by Crippen LogP contribution is -2.59. The zero-order chi connectivity index (χ0) is 16.5. The van der Waals surface area contributed by atoms with Crippen molar-refractivity contribution < 1.29 is 14.2 Å². The number of nitrogens with zero attached hydrogens (tertiary/aromatic N) is 1. The molecule has 4 nitrogen and oxygen atoms in total. The minimum Gasteiger partial charge on any atom is -0.367 e. The van der Waals surface area contributed by atoms with E-state index in [0.717, 1.165) is 19.4 Å². The van der Waals surface area contributed by atoms with Crippen LogP contribution in [0.1, 0.15) is 6.42 Å². The molecule has 0 aromatic carbocycles. The van der Waals surface area contributed by atoms with E-state index < -0.39 is 16.5 Å². The van der Waals surface area contributed by atoms with Crippen LogP contribution in [0.2, 0.25) is 51.4 Å². The van der Waals surface area contributed by atoms with E-state index in [0.29, 0.717) is 0 Å². The molecule has 0 amide bonds. The van der Waals surface area contributed by atoms with Gasteiger partial charge in [-0.05, 0) is 12.5 Å². The van der Waals surface area contributed by atoms with Crippen molar-refractivity contribution in [3.05, 3.63) is 0 Å². The van der Waals surface area contributed by atoms with Crippen molar-refractivity contribution in [2.24, 2.45) is 0 Å². The van der Waals surface area contributed by atoms with Crippen molar-refractivity contribution in [1.82, 2.24) is 4.23 Å². The topological polar surface area (TPSA) is 30.9 Å². The molecule has 0 unspecified atom stereocenters. The molecule has 0 radical (unpaired) electrons. The monoisotopic (exact) mass is 351 g/mol. The second-order valence-corrected chi connectivity index (χ2v) is 19.8. The first-order chi connectivity index (χ1) is 9.62. The van der Waals surface area contributed by atoms with Crippen LogP contribution < -0.4 is 0 Å². The molecular formula is C14H37NO3Si3. The van der Waals surface area contributed by atoms with Crippen LogP contribution in [0.25, 0.3) is 0 Å². The van der Waals surface area contributed by atoms with Gasteiger partial charge in [0.1, 0.15) is 16.5 Å². The quantitative estimate of drug-likeness (QED) is 0.307. The molecule has 0 saturated carbocycles. The van der Waals surface area contributed by atoms with Gasteiger partial charge in [-0.3, -0.25) is 0 Å². The van der Waals surface area contributed by atoms with E-state index in [9.17, 15) is 0 Å². The van der Waals surface area contributed by atoms with Crippen molar-refractivity contribution in [3.8, 4) is 0 Å². The minimum atomic E-state index is -1.28. The molecule has 0 bridgehead atoms. The zero-order valence-corrected chi connectivity index (χ0v) is 18.9. The Bertz CT molecular complexity index is 249. The minimum absolute atomic E-state index is 0.00635. The van der Waals surface area contributed by atoms with Crippen molar-refractivity contribution in [2.45, 2.75) is 64.1 Å². The van der Waals surface area contributed by atoms with Crippen LogP contribution in [-0.2, 0) is 14.2 Å². The molecule has 128 valence electrons. The van der Waals surface area contributed by atoms with Gasteiger partial charge >= 0.3 is 0 Å². The maximum atomic E-state index is 5.96. The summed E-state index contributed by atoms with van der Waals surface area (Å²) in [6.45, 7) is 16.2. The normalized spacial score (nSPS) is 14.0. The summed E-state index contributed by atoms with van der Waals surface area (Å²) in [4.78, 5) is 0. The highest BCUT2D eigenvalue weighted by molar-refractivity contribution is 6.89. The molecule has 0 N–H and O–H groups in total. The largest absolute Gasteiger partial charge is 0.367 e. The van der Waals surface area contributed by atoms with Gasteiger partial charge in [-0.25, -0.2) is 0 Å². The van der Waals surface area contributed by atoms with E-state index in [-0.39, 0.29) is 15.8 Å². The highest BCUT2D eigenvalue weighted by Crippen LogP contribution is 2.19. The molecule has 0 aromatic heterocycles. The Kier molecular flexibility index (Phi) is 10.5. The number of hydrogen-bond acceptors (Lipinski definition) is 4. The average molecular weight is 352 g/mol. The third-order valence-corrected chi connectivity index (χ3v) is 13.0. The van der Waals surface area contributed by atoms with Gasteiger partial charge in [0.05, 0.1) is 6.73 Å². The summed E-state index contributed by atoms with van der Waals surface area (Å²) >= 11 is 0. The van der Waals surface area contributed by atoms with Crippen LogP contribution in [0.5, 0.6) is 0 Å². The molecule has 0 fully saturated rings. The van der Waals surface area contributed by atoms with E-state index >= 15 is 0 Å². The van der Waals surface area contributed by atoms with E-state index in [1.807, 2.05) is 0 Å².